The summed E-state index contributed by atoms with van der Waals surface area (Å²) >= 11 is 1.56. The van der Waals surface area contributed by atoms with Gasteiger partial charge in [0.25, 0.3) is 11.5 Å². The molecule has 0 saturated carbocycles. The second-order valence-electron chi connectivity index (χ2n) is 14.9. The molecule has 3 aliphatic heterocycles. The molecule has 1 N–H and O–H groups in total. The molecule has 49 heavy (non-hydrogen) atoms. The number of carbonyl (C=O) groups excluding carboxylic acids is 2. The number of pyridine rings is 1. The fraction of sp³-hybridized carbons (Fsp3) is 0.474. The van der Waals surface area contributed by atoms with E-state index < -0.39 is 11.8 Å². The lowest BCUT2D eigenvalue weighted by Gasteiger charge is -2.30. The summed E-state index contributed by atoms with van der Waals surface area (Å²) in [5, 5.41) is 3.30. The summed E-state index contributed by atoms with van der Waals surface area (Å²) in [6.07, 6.45) is 10.4. The van der Waals surface area contributed by atoms with Crippen LogP contribution in [0.15, 0.2) is 45.8 Å². The van der Waals surface area contributed by atoms with Crippen LogP contribution >= 0.6 is 11.3 Å². The van der Waals surface area contributed by atoms with Crippen LogP contribution in [0.4, 0.5) is 15.8 Å². The molecule has 2 aromatic heterocycles. The Morgan fingerprint density at radius 2 is 1.94 bits per heavy atom. The van der Waals surface area contributed by atoms with Gasteiger partial charge in [-0.15, -0.1) is 11.3 Å². The van der Waals surface area contributed by atoms with Gasteiger partial charge in [-0.2, -0.15) is 0 Å². The Balaban J connectivity index is 1.27. The van der Waals surface area contributed by atoms with Crippen LogP contribution in [-0.4, -0.2) is 59.9 Å². The van der Waals surface area contributed by atoms with Crippen molar-refractivity contribution < 1.29 is 18.7 Å². The molecule has 7 rings (SSSR count). The number of amides is 1. The molecular weight excluding hydrogens is 642 g/mol. The van der Waals surface area contributed by atoms with Gasteiger partial charge in [-0.3, -0.25) is 19.4 Å². The van der Waals surface area contributed by atoms with Gasteiger partial charge in [0.2, 0.25) is 0 Å². The molecule has 5 heterocycles. The van der Waals surface area contributed by atoms with Crippen LogP contribution in [0.25, 0.3) is 11.1 Å². The maximum absolute atomic E-state index is 15.7. The largest absolute Gasteiger partial charge is 0.461 e. The van der Waals surface area contributed by atoms with Crippen molar-refractivity contribution in [2.75, 3.05) is 36.9 Å². The third-order valence-corrected chi connectivity index (χ3v) is 11.4. The Bertz CT molecular complexity index is 1970. The summed E-state index contributed by atoms with van der Waals surface area (Å²) in [5.41, 5.74) is 5.79. The van der Waals surface area contributed by atoms with E-state index in [1.807, 2.05) is 6.08 Å². The fourth-order valence-electron chi connectivity index (χ4n) is 7.89. The first-order valence-corrected chi connectivity index (χ1v) is 18.0. The number of thiophene rings is 1. The van der Waals surface area contributed by atoms with Crippen LogP contribution in [0.2, 0.25) is 0 Å². The van der Waals surface area contributed by atoms with Gasteiger partial charge in [0.15, 0.2) is 0 Å². The third-order valence-electron chi connectivity index (χ3n) is 10.1. The van der Waals surface area contributed by atoms with Gasteiger partial charge >= 0.3 is 5.97 Å². The minimum Gasteiger partial charge on any atom is -0.461 e. The fourth-order valence-corrected chi connectivity index (χ4v) is 9.46. The molecule has 11 heteroatoms. The summed E-state index contributed by atoms with van der Waals surface area (Å²) < 4.78 is 22.6. The van der Waals surface area contributed by atoms with Crippen LogP contribution in [0, 0.1) is 11.2 Å². The third kappa shape index (κ3) is 6.75. The number of ether oxygens (including phenoxy) is 1. The predicted octanol–water partition coefficient (Wildman–Crippen LogP) is 6.27. The number of benzene rings is 1. The van der Waals surface area contributed by atoms with Gasteiger partial charge in [-0.05, 0) is 98.5 Å². The Labute approximate surface area is 290 Å². The highest BCUT2D eigenvalue weighted by atomic mass is 32.1. The van der Waals surface area contributed by atoms with Crippen LogP contribution in [0.5, 0.6) is 0 Å². The highest BCUT2D eigenvalue weighted by molar-refractivity contribution is 7.14. The van der Waals surface area contributed by atoms with E-state index in [0.29, 0.717) is 51.7 Å². The number of carbonyl (C=O) groups is 2. The Hall–Kier alpha value is -4.09. The molecule has 2 bridgehead atoms. The number of hydrogen-bond acceptors (Lipinski definition) is 8. The first-order valence-electron chi connectivity index (χ1n) is 17.2. The van der Waals surface area contributed by atoms with Crippen molar-refractivity contribution in [2.45, 2.75) is 78.4 Å². The molecule has 3 aromatic rings. The van der Waals surface area contributed by atoms with E-state index in [9.17, 15) is 14.4 Å². The zero-order chi connectivity index (χ0) is 34.6. The van der Waals surface area contributed by atoms with Crippen molar-refractivity contribution in [2.24, 2.45) is 17.5 Å². The molecule has 258 valence electrons. The van der Waals surface area contributed by atoms with Crippen molar-refractivity contribution in [1.29, 1.82) is 0 Å². The number of hydrogen-bond donors (Lipinski definition) is 1. The highest BCUT2D eigenvalue weighted by Crippen LogP contribution is 2.46. The average molecular weight is 686 g/mol. The lowest BCUT2D eigenvalue weighted by atomic mass is 9.89. The maximum atomic E-state index is 15.7. The number of nitrogens with one attached hydrogen (secondary N) is 1. The molecule has 1 atom stereocenters. The van der Waals surface area contributed by atoms with E-state index in [-0.39, 0.29) is 29.5 Å². The van der Waals surface area contributed by atoms with Crippen molar-refractivity contribution >= 4 is 40.4 Å². The van der Waals surface area contributed by atoms with Gasteiger partial charge in [0.05, 0.1) is 16.6 Å². The number of aromatic nitrogens is 1. The molecule has 0 spiro atoms. The zero-order valence-electron chi connectivity index (χ0n) is 29.0. The van der Waals surface area contributed by atoms with Crippen molar-refractivity contribution in [3.05, 3.63) is 78.7 Å². The number of esters is 1. The predicted molar refractivity (Wildman–Crippen MR) is 192 cm³/mol. The van der Waals surface area contributed by atoms with E-state index in [1.54, 1.807) is 35.5 Å². The number of rotatable bonds is 5. The molecule has 1 fully saturated rings. The number of anilines is 2. The van der Waals surface area contributed by atoms with Crippen molar-refractivity contribution in [3.8, 4) is 11.1 Å². The van der Waals surface area contributed by atoms with Gasteiger partial charge in [-0.1, -0.05) is 25.8 Å². The average Bonchev–Trinajstić information content (AvgIpc) is 3.54. The second kappa shape index (κ2) is 13.0. The van der Waals surface area contributed by atoms with E-state index in [1.165, 1.54) is 39.6 Å². The first kappa shape index (κ1) is 33.4. The molecule has 4 aliphatic rings. The number of aryl methyl sites for hydroxylation is 1. The number of fused-ring (bicyclic) bond motifs is 5. The van der Waals surface area contributed by atoms with Gasteiger partial charge in [0.1, 0.15) is 23.9 Å². The number of nitrogens with zero attached hydrogens (tertiary/aromatic N) is 4. The Kier molecular flexibility index (Phi) is 8.85. The summed E-state index contributed by atoms with van der Waals surface area (Å²) in [6, 6.07) is 4.58. The monoisotopic (exact) mass is 685 g/mol. The normalized spacial score (nSPS) is 20.4. The lowest BCUT2D eigenvalue weighted by Crippen LogP contribution is -2.38. The molecule has 1 aliphatic carbocycles. The number of likely N-dealkylation sites (N-methyl/N-ethyl adjacent to an activating group) is 1. The Morgan fingerprint density at radius 3 is 2.73 bits per heavy atom. The maximum Gasteiger partial charge on any atom is 0.302 e. The smallest absolute Gasteiger partial charge is 0.302 e. The molecule has 0 radical (unpaired) electrons. The molecule has 1 saturated heterocycles. The molecule has 9 nitrogen and oxygen atoms in total. The van der Waals surface area contributed by atoms with Gasteiger partial charge in [-0.25, -0.2) is 4.39 Å². The number of aliphatic imine (C=N–C) groups is 1. The number of halogens is 1. The molecule has 1 unspecified atom stereocenters. The minimum atomic E-state index is -0.532. The summed E-state index contributed by atoms with van der Waals surface area (Å²) in [6.45, 7) is 7.95. The van der Waals surface area contributed by atoms with E-state index in [4.69, 9.17) is 9.73 Å². The minimum absolute atomic E-state index is 0.153. The SMILES string of the molecule is CC(=O)OCc1c(-c2cc(NC3=NC4CCCCN(C)CC(=C3)C4)c(=O)n(C)c2)cc(F)cc1N1CCc2c(sc3c2CC(C)(C)C3)C1=O. The summed E-state index contributed by atoms with van der Waals surface area (Å²) in [5.74, 6) is -0.549. The van der Waals surface area contributed by atoms with E-state index in [2.05, 4.69) is 31.1 Å². The lowest BCUT2D eigenvalue weighted by molar-refractivity contribution is -0.142. The van der Waals surface area contributed by atoms with Crippen molar-refractivity contribution in [1.82, 2.24) is 9.47 Å². The molecule has 1 aromatic carbocycles. The first-order chi connectivity index (χ1) is 23.3. The van der Waals surface area contributed by atoms with Crippen LogP contribution in [0.1, 0.15) is 77.7 Å². The van der Waals surface area contributed by atoms with Crippen molar-refractivity contribution in [3.63, 3.8) is 0 Å². The van der Waals surface area contributed by atoms with Crippen LogP contribution in [0.3, 0.4) is 0 Å². The van der Waals surface area contributed by atoms with E-state index >= 15 is 4.39 Å². The van der Waals surface area contributed by atoms with Gasteiger partial charge in [0, 0.05) is 49.3 Å². The topological polar surface area (TPSA) is 96.2 Å². The Morgan fingerprint density at radius 1 is 1.12 bits per heavy atom. The summed E-state index contributed by atoms with van der Waals surface area (Å²) in [4.78, 5) is 50.5. The number of amidine groups is 1. The van der Waals surface area contributed by atoms with Crippen LogP contribution in [-0.2, 0) is 42.4 Å². The van der Waals surface area contributed by atoms with Gasteiger partial charge < -0.3 is 24.4 Å². The zero-order valence-corrected chi connectivity index (χ0v) is 29.8. The number of dihydropyridines is 1. The quantitative estimate of drug-likeness (QED) is 0.319. The van der Waals surface area contributed by atoms with Crippen LogP contribution < -0.4 is 15.8 Å². The van der Waals surface area contributed by atoms with E-state index in [0.717, 1.165) is 57.2 Å². The molecule has 1 amide bonds. The standard InChI is InChI=1S/C38H44FN5O4S/c1-22(45)48-21-30-28(15-25(39)16-32(30)44-11-9-27-29-17-38(2,3)18-33(29)49-35(27)37(44)47)24-14-31(36(46)43(5)20-24)41-34-13-23-12-26(40-34)8-6-7-10-42(4)19-23/h13-16,20,26H,6-12,17-19,21H2,1-5H3,(H,40,41). The molecular formula is C38H44FN5O4S. The second-order valence-corrected chi connectivity index (χ2v) is 16.0. The summed E-state index contributed by atoms with van der Waals surface area (Å²) in [7, 11) is 3.78. The highest BCUT2D eigenvalue weighted by Gasteiger charge is 2.39.